The average molecular weight is 407 g/mol. The van der Waals surface area contributed by atoms with Gasteiger partial charge in [0.15, 0.2) is 0 Å². The fourth-order valence-electron chi connectivity index (χ4n) is 3.03. The smallest absolute Gasteiger partial charge is 0.220 e. The molecule has 6 heteroatoms. The molecule has 4 aromatic rings. The van der Waals surface area contributed by atoms with E-state index in [0.717, 1.165) is 32.1 Å². The molecule has 148 valence electrons. The summed E-state index contributed by atoms with van der Waals surface area (Å²) in [7, 11) is 0. The number of nitrogens with one attached hydrogen (secondary N) is 1. The van der Waals surface area contributed by atoms with Gasteiger partial charge in [-0.3, -0.25) is 4.79 Å². The first-order valence-corrected chi connectivity index (χ1v) is 10.4. The van der Waals surface area contributed by atoms with Gasteiger partial charge in [-0.15, -0.1) is 11.3 Å². The summed E-state index contributed by atoms with van der Waals surface area (Å²) in [6, 6.07) is 19.8. The van der Waals surface area contributed by atoms with Crippen LogP contribution in [0.15, 0.2) is 71.3 Å². The van der Waals surface area contributed by atoms with Gasteiger partial charge in [0, 0.05) is 19.4 Å². The van der Waals surface area contributed by atoms with E-state index >= 15 is 0 Å². The number of carbonyl (C=O) groups excluding carboxylic acids is 1. The fourth-order valence-corrected chi connectivity index (χ4v) is 4.00. The Labute approximate surface area is 173 Å². The molecule has 0 fully saturated rings. The molecule has 2 aromatic carbocycles. The van der Waals surface area contributed by atoms with Crippen LogP contribution in [0.2, 0.25) is 0 Å². The van der Waals surface area contributed by atoms with Gasteiger partial charge in [0.2, 0.25) is 5.91 Å². The molecule has 0 spiro atoms. The molecule has 0 atom stereocenters. The molecular formula is C23H22N2O3S. The maximum absolute atomic E-state index is 12.2. The lowest BCUT2D eigenvalue weighted by Gasteiger charge is -2.08. The number of fused-ring (bicyclic) bond motifs is 1. The number of aromatic nitrogens is 1. The maximum atomic E-state index is 12.2. The Hall–Kier alpha value is -2.96. The zero-order valence-corrected chi connectivity index (χ0v) is 16.8. The first-order chi connectivity index (χ1) is 14.3. The van der Waals surface area contributed by atoms with Crippen LogP contribution < -0.4 is 5.32 Å². The molecule has 0 unspecified atom stereocenters. The molecule has 2 heterocycles. The molecule has 29 heavy (non-hydrogen) atoms. The Bertz CT molecular complexity index is 1040. The molecule has 0 aliphatic heterocycles. The van der Waals surface area contributed by atoms with Crippen LogP contribution in [0.5, 0.6) is 0 Å². The van der Waals surface area contributed by atoms with Crippen LogP contribution in [0.25, 0.3) is 10.2 Å². The molecule has 0 radical (unpaired) electrons. The monoisotopic (exact) mass is 406 g/mol. The summed E-state index contributed by atoms with van der Waals surface area (Å²) in [5.41, 5.74) is 3.12. The largest absolute Gasteiger partial charge is 0.467 e. The summed E-state index contributed by atoms with van der Waals surface area (Å²) in [5, 5.41) is 3.99. The highest BCUT2D eigenvalue weighted by Crippen LogP contribution is 2.22. The first-order valence-electron chi connectivity index (χ1n) is 9.55. The van der Waals surface area contributed by atoms with E-state index in [1.165, 1.54) is 0 Å². The van der Waals surface area contributed by atoms with Gasteiger partial charge in [0.05, 0.1) is 28.1 Å². The number of para-hydroxylation sites is 1. The third kappa shape index (κ3) is 5.53. The standard InChI is InChI=1S/C23H22N2O3S/c26-22(10-11-23-25-20-8-1-2-9-21(20)29-23)24-14-17-5-3-6-18(13-17)15-27-16-19-7-4-12-28-19/h1-9,12-13H,10-11,14-16H2,(H,24,26). The second-order valence-electron chi connectivity index (χ2n) is 6.74. The number of benzene rings is 2. The summed E-state index contributed by atoms with van der Waals surface area (Å²) >= 11 is 1.65. The Morgan fingerprint density at radius 2 is 1.93 bits per heavy atom. The summed E-state index contributed by atoms with van der Waals surface area (Å²) in [5.74, 6) is 0.838. The third-order valence-corrected chi connectivity index (χ3v) is 5.57. The SMILES string of the molecule is O=C(CCc1nc2ccccc2s1)NCc1cccc(COCc2ccco2)c1. The molecule has 1 amide bonds. The Morgan fingerprint density at radius 1 is 1.03 bits per heavy atom. The van der Waals surface area contributed by atoms with Crippen LogP contribution in [0.1, 0.15) is 28.3 Å². The van der Waals surface area contributed by atoms with Gasteiger partial charge in [-0.05, 0) is 35.4 Å². The molecule has 0 saturated carbocycles. The number of thiazole rings is 1. The van der Waals surface area contributed by atoms with Gasteiger partial charge >= 0.3 is 0 Å². The third-order valence-electron chi connectivity index (χ3n) is 4.48. The number of aryl methyl sites for hydroxylation is 1. The average Bonchev–Trinajstić information content (AvgIpc) is 3.40. The van der Waals surface area contributed by atoms with Gasteiger partial charge in [0.1, 0.15) is 12.4 Å². The number of carbonyl (C=O) groups is 1. The summed E-state index contributed by atoms with van der Waals surface area (Å²) in [6.07, 6.45) is 2.73. The Kier molecular flexibility index (Phi) is 6.34. The fraction of sp³-hybridized carbons (Fsp3) is 0.217. The van der Waals surface area contributed by atoms with Gasteiger partial charge in [-0.25, -0.2) is 4.98 Å². The Morgan fingerprint density at radius 3 is 2.79 bits per heavy atom. The zero-order chi connectivity index (χ0) is 19.9. The Balaban J connectivity index is 1.22. The molecule has 2 aromatic heterocycles. The van der Waals surface area contributed by atoms with Gasteiger partial charge in [-0.2, -0.15) is 0 Å². The van der Waals surface area contributed by atoms with Crippen molar-refractivity contribution >= 4 is 27.5 Å². The van der Waals surface area contributed by atoms with Crippen LogP contribution in [-0.4, -0.2) is 10.9 Å². The first kappa shape index (κ1) is 19.4. The van der Waals surface area contributed by atoms with E-state index in [9.17, 15) is 4.79 Å². The van der Waals surface area contributed by atoms with Crippen LogP contribution in [0, 0.1) is 0 Å². The zero-order valence-electron chi connectivity index (χ0n) is 16.0. The van der Waals surface area contributed by atoms with Crippen molar-refractivity contribution in [3.63, 3.8) is 0 Å². The normalized spacial score (nSPS) is 11.0. The summed E-state index contributed by atoms with van der Waals surface area (Å²) in [6.45, 7) is 1.45. The number of ether oxygens (including phenoxy) is 1. The van der Waals surface area contributed by atoms with Crippen molar-refractivity contribution in [1.29, 1.82) is 0 Å². The van der Waals surface area contributed by atoms with Crippen LogP contribution in [0.4, 0.5) is 0 Å². The topological polar surface area (TPSA) is 64.4 Å². The van der Waals surface area contributed by atoms with Crippen molar-refractivity contribution in [3.8, 4) is 0 Å². The molecular weight excluding hydrogens is 384 g/mol. The number of amides is 1. The second kappa shape index (κ2) is 9.49. The number of hydrogen-bond acceptors (Lipinski definition) is 5. The molecule has 5 nitrogen and oxygen atoms in total. The van der Waals surface area contributed by atoms with Crippen LogP contribution in [-0.2, 0) is 35.7 Å². The molecule has 4 rings (SSSR count). The van der Waals surface area contributed by atoms with E-state index in [4.69, 9.17) is 9.15 Å². The van der Waals surface area contributed by atoms with Gasteiger partial charge < -0.3 is 14.5 Å². The number of hydrogen-bond donors (Lipinski definition) is 1. The molecule has 0 aliphatic carbocycles. The summed E-state index contributed by atoms with van der Waals surface area (Å²) in [4.78, 5) is 16.8. The van der Waals surface area contributed by atoms with Crippen LogP contribution >= 0.6 is 11.3 Å². The quantitative estimate of drug-likeness (QED) is 0.431. The highest BCUT2D eigenvalue weighted by molar-refractivity contribution is 7.18. The van der Waals surface area contributed by atoms with Gasteiger partial charge in [0.25, 0.3) is 0 Å². The molecule has 0 saturated heterocycles. The van der Waals surface area contributed by atoms with Crippen molar-refractivity contribution < 1.29 is 13.9 Å². The van der Waals surface area contributed by atoms with E-state index in [2.05, 4.69) is 22.4 Å². The predicted molar refractivity (Wildman–Crippen MR) is 113 cm³/mol. The van der Waals surface area contributed by atoms with Gasteiger partial charge in [-0.1, -0.05) is 36.4 Å². The predicted octanol–water partition coefficient (Wildman–Crippen LogP) is 4.86. The number of rotatable bonds is 9. The van der Waals surface area contributed by atoms with E-state index in [1.54, 1.807) is 17.6 Å². The van der Waals surface area contributed by atoms with E-state index in [0.29, 0.717) is 32.6 Å². The van der Waals surface area contributed by atoms with Crippen LogP contribution in [0.3, 0.4) is 0 Å². The minimum atomic E-state index is 0.0312. The van der Waals surface area contributed by atoms with Crippen molar-refractivity contribution in [2.24, 2.45) is 0 Å². The summed E-state index contributed by atoms with van der Waals surface area (Å²) < 4.78 is 12.1. The lowest BCUT2D eigenvalue weighted by atomic mass is 10.1. The molecule has 0 bridgehead atoms. The van der Waals surface area contributed by atoms with E-state index < -0.39 is 0 Å². The molecule has 0 aliphatic rings. The molecule has 1 N–H and O–H groups in total. The van der Waals surface area contributed by atoms with E-state index in [-0.39, 0.29) is 5.91 Å². The number of furan rings is 1. The van der Waals surface area contributed by atoms with Crippen molar-refractivity contribution in [2.45, 2.75) is 32.6 Å². The minimum Gasteiger partial charge on any atom is -0.467 e. The van der Waals surface area contributed by atoms with E-state index in [1.807, 2.05) is 48.5 Å². The number of nitrogens with zero attached hydrogens (tertiary/aromatic N) is 1. The van der Waals surface area contributed by atoms with Crippen molar-refractivity contribution in [1.82, 2.24) is 10.3 Å². The minimum absolute atomic E-state index is 0.0312. The lowest BCUT2D eigenvalue weighted by molar-refractivity contribution is -0.121. The highest BCUT2D eigenvalue weighted by Gasteiger charge is 2.07. The lowest BCUT2D eigenvalue weighted by Crippen LogP contribution is -2.23. The maximum Gasteiger partial charge on any atom is 0.220 e. The highest BCUT2D eigenvalue weighted by atomic mass is 32.1. The second-order valence-corrected chi connectivity index (χ2v) is 7.86. The van der Waals surface area contributed by atoms with Crippen molar-refractivity contribution in [2.75, 3.05) is 0 Å². The van der Waals surface area contributed by atoms with Crippen molar-refractivity contribution in [3.05, 3.63) is 88.8 Å².